The Balaban J connectivity index is 1.26. The topological polar surface area (TPSA) is 102 Å². The molecular formula is C31H27F3N2O5. The summed E-state index contributed by atoms with van der Waals surface area (Å²) in [6.45, 7) is 3.13. The van der Waals surface area contributed by atoms with Crippen LogP contribution in [0.15, 0.2) is 77.3 Å². The number of anilines is 1. The normalized spacial score (nSPS) is 14.8. The minimum atomic E-state index is -4.51. The summed E-state index contributed by atoms with van der Waals surface area (Å²) in [6, 6.07) is 19.8. The largest absolute Gasteiger partial charge is 0.481 e. The lowest BCUT2D eigenvalue weighted by Gasteiger charge is -2.16. The van der Waals surface area contributed by atoms with Crippen LogP contribution in [0, 0.1) is 12.3 Å². The van der Waals surface area contributed by atoms with Gasteiger partial charge < -0.3 is 14.4 Å². The van der Waals surface area contributed by atoms with Crippen LogP contribution in [-0.2, 0) is 22.1 Å². The Kier molecular flexibility index (Phi) is 7.33. The Labute approximate surface area is 233 Å². The molecule has 212 valence electrons. The molecule has 0 unspecified atom stereocenters. The van der Waals surface area contributed by atoms with Gasteiger partial charge in [0, 0.05) is 5.56 Å². The first-order valence-electron chi connectivity index (χ1n) is 13.0. The fraction of sp³-hybridized carbons (Fsp3) is 0.258. The predicted octanol–water partition coefficient (Wildman–Crippen LogP) is 8.05. The number of aryl methyl sites for hydroxylation is 1. The number of nitrogens with one attached hydrogen (secondary N) is 1. The van der Waals surface area contributed by atoms with Crippen LogP contribution in [-0.4, -0.2) is 22.3 Å². The molecule has 5 rings (SSSR count). The standard InChI is InChI=1S/C31H27F3N2O5/c1-18-26(35-29(39)40-19(2)24-4-3-5-25(16-24)31(32,33)34)27(41-36-18)23-12-10-22(11-13-23)21-8-6-20(7-9-21)17-30(14-15-30)28(37)38/h3-13,16,19H,14-15,17H2,1-2H3,(H,35,39)(H,37,38)/t19-/m1/s1. The van der Waals surface area contributed by atoms with E-state index in [9.17, 15) is 27.9 Å². The fourth-order valence-electron chi connectivity index (χ4n) is 4.68. The second-order valence-electron chi connectivity index (χ2n) is 10.3. The number of hydrogen-bond acceptors (Lipinski definition) is 5. The van der Waals surface area contributed by atoms with Gasteiger partial charge in [0.05, 0.1) is 11.0 Å². The molecule has 0 bridgehead atoms. The maximum absolute atomic E-state index is 13.1. The van der Waals surface area contributed by atoms with E-state index >= 15 is 0 Å². The van der Waals surface area contributed by atoms with Crippen molar-refractivity contribution in [2.75, 3.05) is 5.32 Å². The maximum Gasteiger partial charge on any atom is 0.416 e. The quantitative estimate of drug-likeness (QED) is 0.225. The lowest BCUT2D eigenvalue weighted by Crippen LogP contribution is -2.17. The van der Waals surface area contributed by atoms with E-state index in [1.54, 1.807) is 6.92 Å². The third kappa shape index (κ3) is 6.11. The molecule has 2 N–H and O–H groups in total. The molecule has 41 heavy (non-hydrogen) atoms. The molecule has 3 aromatic carbocycles. The van der Waals surface area contributed by atoms with Crippen LogP contribution in [0.5, 0.6) is 0 Å². The van der Waals surface area contributed by atoms with Gasteiger partial charge in [-0.1, -0.05) is 65.8 Å². The summed E-state index contributed by atoms with van der Waals surface area (Å²) < 4.78 is 50.0. The number of alkyl halides is 3. The van der Waals surface area contributed by atoms with Gasteiger partial charge in [0.15, 0.2) is 5.76 Å². The Morgan fingerprint density at radius 2 is 1.63 bits per heavy atom. The second kappa shape index (κ2) is 10.8. The summed E-state index contributed by atoms with van der Waals surface area (Å²) in [5.41, 5.74) is 2.96. The summed E-state index contributed by atoms with van der Waals surface area (Å²) >= 11 is 0. The Morgan fingerprint density at radius 3 is 2.22 bits per heavy atom. The van der Waals surface area contributed by atoms with Gasteiger partial charge in [0.2, 0.25) is 0 Å². The van der Waals surface area contributed by atoms with Crippen LogP contribution >= 0.6 is 0 Å². The number of aliphatic carboxylic acids is 1. The van der Waals surface area contributed by atoms with E-state index in [0.717, 1.165) is 28.8 Å². The summed E-state index contributed by atoms with van der Waals surface area (Å²) in [5, 5.41) is 16.0. The van der Waals surface area contributed by atoms with Gasteiger partial charge in [0.25, 0.3) is 0 Å². The number of hydrogen-bond donors (Lipinski definition) is 2. The highest BCUT2D eigenvalue weighted by atomic mass is 19.4. The Morgan fingerprint density at radius 1 is 1.02 bits per heavy atom. The first-order valence-corrected chi connectivity index (χ1v) is 13.0. The van der Waals surface area contributed by atoms with Crippen molar-refractivity contribution in [3.63, 3.8) is 0 Å². The number of nitrogens with zero attached hydrogens (tertiary/aromatic N) is 1. The highest BCUT2D eigenvalue weighted by Gasteiger charge is 2.49. The Bertz CT molecular complexity index is 1570. The van der Waals surface area contributed by atoms with Crippen molar-refractivity contribution in [2.45, 2.75) is 45.4 Å². The van der Waals surface area contributed by atoms with Crippen LogP contribution in [0.2, 0.25) is 0 Å². The minimum absolute atomic E-state index is 0.204. The molecule has 0 spiro atoms. The number of halogens is 3. The van der Waals surface area contributed by atoms with E-state index in [-0.39, 0.29) is 11.3 Å². The maximum atomic E-state index is 13.1. The highest BCUT2D eigenvalue weighted by molar-refractivity contribution is 5.91. The monoisotopic (exact) mass is 564 g/mol. The van der Waals surface area contributed by atoms with Gasteiger partial charge in [0.1, 0.15) is 17.5 Å². The van der Waals surface area contributed by atoms with E-state index in [2.05, 4.69) is 10.5 Å². The first-order chi connectivity index (χ1) is 19.4. The average molecular weight is 565 g/mol. The van der Waals surface area contributed by atoms with Crippen molar-refractivity contribution in [3.05, 3.63) is 95.2 Å². The molecule has 1 atom stereocenters. The summed E-state index contributed by atoms with van der Waals surface area (Å²) in [4.78, 5) is 24.1. The molecule has 1 aromatic heterocycles. The molecule has 4 aromatic rings. The zero-order chi connectivity index (χ0) is 29.4. The van der Waals surface area contributed by atoms with Crippen LogP contribution in [0.4, 0.5) is 23.7 Å². The lowest BCUT2D eigenvalue weighted by atomic mass is 9.94. The highest BCUT2D eigenvalue weighted by Crippen LogP contribution is 2.48. The van der Waals surface area contributed by atoms with Gasteiger partial charge >= 0.3 is 18.2 Å². The average Bonchev–Trinajstić information content (AvgIpc) is 3.65. The number of rotatable bonds is 8. The molecule has 1 aliphatic carbocycles. The predicted molar refractivity (Wildman–Crippen MR) is 145 cm³/mol. The molecule has 7 nitrogen and oxygen atoms in total. The second-order valence-corrected chi connectivity index (χ2v) is 10.3. The van der Waals surface area contributed by atoms with Gasteiger partial charge in [-0.25, -0.2) is 4.79 Å². The number of carbonyl (C=O) groups is 2. The fourth-order valence-corrected chi connectivity index (χ4v) is 4.68. The van der Waals surface area contributed by atoms with Crippen LogP contribution in [0.3, 0.4) is 0 Å². The van der Waals surface area contributed by atoms with Gasteiger partial charge in [-0.15, -0.1) is 0 Å². The molecule has 0 aliphatic heterocycles. The van der Waals surface area contributed by atoms with Gasteiger partial charge in [-0.05, 0) is 67.5 Å². The summed E-state index contributed by atoms with van der Waals surface area (Å²) in [7, 11) is 0. The molecule has 1 fully saturated rings. The van der Waals surface area contributed by atoms with Crippen molar-refractivity contribution < 1.29 is 37.1 Å². The molecule has 0 saturated heterocycles. The van der Waals surface area contributed by atoms with Crippen molar-refractivity contribution in [2.24, 2.45) is 5.41 Å². The lowest BCUT2D eigenvalue weighted by molar-refractivity contribution is -0.143. The number of aromatic nitrogens is 1. The summed E-state index contributed by atoms with van der Waals surface area (Å²) in [5.74, 6) is -0.441. The molecule has 1 amide bonds. The molecule has 1 heterocycles. The number of benzene rings is 3. The van der Waals surface area contributed by atoms with E-state index in [0.29, 0.717) is 36.3 Å². The number of carboxylic acid groups (broad SMARTS) is 1. The molecular weight excluding hydrogens is 537 g/mol. The van der Waals surface area contributed by atoms with Crippen molar-refractivity contribution in [1.29, 1.82) is 0 Å². The number of carboxylic acids is 1. The SMILES string of the molecule is Cc1noc(-c2ccc(-c3ccc(CC4(C(=O)O)CC4)cc3)cc2)c1NC(=O)O[C@H](C)c1cccc(C(F)(F)F)c1. The van der Waals surface area contributed by atoms with E-state index in [1.807, 2.05) is 48.5 Å². The Hall–Kier alpha value is -4.60. The van der Waals surface area contributed by atoms with Crippen molar-refractivity contribution in [3.8, 4) is 22.5 Å². The zero-order valence-corrected chi connectivity index (χ0v) is 22.3. The molecule has 1 saturated carbocycles. The molecule has 0 radical (unpaired) electrons. The van der Waals surface area contributed by atoms with E-state index < -0.39 is 35.3 Å². The summed E-state index contributed by atoms with van der Waals surface area (Å²) in [6.07, 6.45) is -4.39. The van der Waals surface area contributed by atoms with Crippen LogP contribution < -0.4 is 5.32 Å². The van der Waals surface area contributed by atoms with Crippen molar-refractivity contribution in [1.82, 2.24) is 5.16 Å². The van der Waals surface area contributed by atoms with Gasteiger partial charge in [-0.2, -0.15) is 13.2 Å². The van der Waals surface area contributed by atoms with Gasteiger partial charge in [-0.3, -0.25) is 10.1 Å². The zero-order valence-electron chi connectivity index (χ0n) is 22.3. The molecule has 1 aliphatic rings. The van der Waals surface area contributed by atoms with Crippen LogP contribution in [0.25, 0.3) is 22.5 Å². The number of carbonyl (C=O) groups excluding carboxylic acids is 1. The number of amides is 1. The van der Waals surface area contributed by atoms with Crippen LogP contribution in [0.1, 0.15) is 48.3 Å². The van der Waals surface area contributed by atoms with E-state index in [1.165, 1.54) is 19.1 Å². The number of ether oxygens (including phenoxy) is 1. The smallest absolute Gasteiger partial charge is 0.416 e. The first kappa shape index (κ1) is 27.9. The van der Waals surface area contributed by atoms with Crippen molar-refractivity contribution >= 4 is 17.7 Å². The third-order valence-corrected chi connectivity index (χ3v) is 7.34. The van der Waals surface area contributed by atoms with E-state index in [4.69, 9.17) is 9.26 Å². The third-order valence-electron chi connectivity index (χ3n) is 7.34. The minimum Gasteiger partial charge on any atom is -0.481 e. The molecule has 10 heteroatoms.